The molecule has 2 aromatic carbocycles. The van der Waals surface area contributed by atoms with Gasteiger partial charge in [-0.1, -0.05) is 18.2 Å². The van der Waals surface area contributed by atoms with Gasteiger partial charge in [-0.05, 0) is 30.3 Å². The van der Waals surface area contributed by atoms with Gasteiger partial charge in [0, 0.05) is 17.9 Å². The molecule has 3 aliphatic heterocycles. The first kappa shape index (κ1) is 19.3. The Morgan fingerprint density at radius 3 is 2.23 bits per heavy atom. The van der Waals surface area contributed by atoms with E-state index in [1.807, 2.05) is 0 Å². The third-order valence-corrected chi connectivity index (χ3v) is 5.58. The second-order valence-electron chi connectivity index (χ2n) is 7.50. The molecule has 0 spiro atoms. The molecule has 0 aliphatic carbocycles. The van der Waals surface area contributed by atoms with Gasteiger partial charge in [-0.2, -0.15) is 0 Å². The van der Waals surface area contributed by atoms with E-state index in [9.17, 15) is 19.2 Å². The van der Waals surface area contributed by atoms with Gasteiger partial charge in [-0.15, -0.1) is 0 Å². The lowest BCUT2D eigenvalue weighted by molar-refractivity contribution is -0.125. The van der Waals surface area contributed by atoms with E-state index in [0.717, 1.165) is 4.90 Å². The summed E-state index contributed by atoms with van der Waals surface area (Å²) in [7, 11) is 0. The number of carbonyl (C=O) groups excluding carboxylic acids is 4. The lowest BCUT2D eigenvalue weighted by Gasteiger charge is -2.27. The van der Waals surface area contributed by atoms with Gasteiger partial charge in [-0.25, -0.2) is 4.79 Å². The highest BCUT2D eigenvalue weighted by atomic mass is 16.6. The quantitative estimate of drug-likeness (QED) is 0.697. The fourth-order valence-electron chi connectivity index (χ4n) is 4.06. The Hall–Kier alpha value is -3.72. The molecule has 2 saturated heterocycles. The first-order valence-corrected chi connectivity index (χ1v) is 9.94. The maximum absolute atomic E-state index is 12.6. The van der Waals surface area contributed by atoms with Crippen LogP contribution < -0.4 is 9.80 Å². The average molecular weight is 421 g/mol. The smallest absolute Gasteiger partial charge is 0.414 e. The van der Waals surface area contributed by atoms with Crippen molar-refractivity contribution in [3.8, 4) is 0 Å². The molecule has 3 aliphatic rings. The predicted molar refractivity (Wildman–Crippen MR) is 109 cm³/mol. The minimum absolute atomic E-state index is 0.0176. The summed E-state index contributed by atoms with van der Waals surface area (Å²) in [6.07, 6.45) is -1.21. The Kier molecular flexibility index (Phi) is 4.67. The Labute approximate surface area is 177 Å². The molecule has 0 unspecified atom stereocenters. The van der Waals surface area contributed by atoms with Crippen LogP contribution in [0.2, 0.25) is 0 Å². The molecule has 9 nitrogen and oxygen atoms in total. The van der Waals surface area contributed by atoms with Crippen molar-refractivity contribution in [2.45, 2.75) is 6.10 Å². The van der Waals surface area contributed by atoms with Crippen LogP contribution >= 0.6 is 0 Å². The van der Waals surface area contributed by atoms with Gasteiger partial charge in [0.15, 0.2) is 0 Å². The zero-order valence-corrected chi connectivity index (χ0v) is 16.5. The van der Waals surface area contributed by atoms with E-state index >= 15 is 0 Å². The van der Waals surface area contributed by atoms with Crippen molar-refractivity contribution in [2.24, 2.45) is 0 Å². The minimum atomic E-state index is -0.650. The lowest BCUT2D eigenvalue weighted by Crippen LogP contribution is -2.41. The summed E-state index contributed by atoms with van der Waals surface area (Å²) in [5.41, 5.74) is 1.96. The highest BCUT2D eigenvalue weighted by Crippen LogP contribution is 2.29. The molecule has 2 aromatic rings. The molecule has 9 heteroatoms. The number of hydrogen-bond acceptors (Lipinski definition) is 6. The van der Waals surface area contributed by atoms with Crippen LogP contribution in [0.15, 0.2) is 48.5 Å². The third kappa shape index (κ3) is 3.32. The van der Waals surface area contributed by atoms with E-state index in [1.165, 1.54) is 4.90 Å². The fourth-order valence-corrected chi connectivity index (χ4v) is 4.06. The van der Waals surface area contributed by atoms with Crippen LogP contribution in [0, 0.1) is 0 Å². The number of rotatable bonds is 4. The number of benzene rings is 2. The maximum Gasteiger partial charge on any atom is 0.414 e. The van der Waals surface area contributed by atoms with Gasteiger partial charge in [0.05, 0.1) is 30.8 Å². The summed E-state index contributed by atoms with van der Waals surface area (Å²) in [6, 6.07) is 13.7. The zero-order chi connectivity index (χ0) is 21.5. The molecule has 0 saturated carbocycles. The van der Waals surface area contributed by atoms with Crippen molar-refractivity contribution >= 4 is 35.2 Å². The van der Waals surface area contributed by atoms with Crippen LogP contribution in [0.25, 0.3) is 0 Å². The molecule has 4 amide bonds. The number of anilines is 2. The minimum Gasteiger partial charge on any atom is -0.442 e. The molecule has 0 radical (unpaired) electrons. The number of carbonyl (C=O) groups is 4. The van der Waals surface area contributed by atoms with Crippen molar-refractivity contribution in [2.75, 3.05) is 42.6 Å². The number of ether oxygens (including phenoxy) is 2. The summed E-state index contributed by atoms with van der Waals surface area (Å²) < 4.78 is 10.6. The van der Waals surface area contributed by atoms with E-state index in [-0.39, 0.29) is 37.4 Å². The van der Waals surface area contributed by atoms with Gasteiger partial charge in [0.2, 0.25) is 0 Å². The van der Waals surface area contributed by atoms with Crippen molar-refractivity contribution < 1.29 is 28.7 Å². The normalized spacial score (nSPS) is 21.0. The van der Waals surface area contributed by atoms with Gasteiger partial charge >= 0.3 is 6.09 Å². The molecule has 1 atom stereocenters. The van der Waals surface area contributed by atoms with Crippen LogP contribution in [0.5, 0.6) is 0 Å². The number of hydrogen-bond donors (Lipinski definition) is 0. The summed E-state index contributed by atoms with van der Waals surface area (Å²) in [5, 5.41) is 0. The van der Waals surface area contributed by atoms with Crippen molar-refractivity contribution in [3.63, 3.8) is 0 Å². The summed E-state index contributed by atoms with van der Waals surface area (Å²) >= 11 is 0. The molecule has 0 aromatic heterocycles. The van der Waals surface area contributed by atoms with E-state index in [1.54, 1.807) is 53.4 Å². The first-order chi connectivity index (χ1) is 15.0. The molecule has 0 N–H and O–H groups in total. The van der Waals surface area contributed by atoms with Crippen LogP contribution in [-0.4, -0.2) is 67.7 Å². The molecule has 3 heterocycles. The number of cyclic esters (lactones) is 1. The molecule has 31 heavy (non-hydrogen) atoms. The van der Waals surface area contributed by atoms with E-state index in [2.05, 4.69) is 0 Å². The molecule has 0 bridgehead atoms. The van der Waals surface area contributed by atoms with E-state index in [0.29, 0.717) is 35.7 Å². The van der Waals surface area contributed by atoms with Gasteiger partial charge in [-0.3, -0.25) is 24.2 Å². The topological polar surface area (TPSA) is 96.5 Å². The second-order valence-corrected chi connectivity index (χ2v) is 7.50. The standard InChI is InChI=1S/C22H19N3O6/c26-19-13-30-9-8-23(19)14-4-3-5-15(10-14)24-11-16(31-22(24)29)12-25-20(27)17-6-1-2-7-18(17)21(25)28/h1-7,10,16H,8-9,11-13H2/t16-/m1/s1. The summed E-state index contributed by atoms with van der Waals surface area (Å²) in [4.78, 5) is 54.0. The average Bonchev–Trinajstić information content (AvgIpc) is 3.27. The Balaban J connectivity index is 1.31. The number of fused-ring (bicyclic) bond motifs is 1. The maximum atomic E-state index is 12.6. The summed E-state index contributed by atoms with van der Waals surface area (Å²) in [6.45, 7) is 1.08. The highest BCUT2D eigenvalue weighted by Gasteiger charge is 2.40. The lowest BCUT2D eigenvalue weighted by atomic mass is 10.1. The number of amides is 4. The Morgan fingerprint density at radius 1 is 0.871 bits per heavy atom. The third-order valence-electron chi connectivity index (χ3n) is 5.58. The molecular formula is C22H19N3O6. The molecule has 2 fully saturated rings. The fraction of sp³-hybridized carbons (Fsp3) is 0.273. The number of imide groups is 1. The van der Waals surface area contributed by atoms with Crippen LogP contribution in [-0.2, 0) is 14.3 Å². The van der Waals surface area contributed by atoms with Crippen LogP contribution in [0.3, 0.4) is 0 Å². The predicted octanol–water partition coefficient (Wildman–Crippen LogP) is 1.67. The van der Waals surface area contributed by atoms with Crippen molar-refractivity contribution in [1.29, 1.82) is 0 Å². The molecule has 158 valence electrons. The van der Waals surface area contributed by atoms with E-state index in [4.69, 9.17) is 9.47 Å². The molecule has 5 rings (SSSR count). The van der Waals surface area contributed by atoms with Crippen LogP contribution in [0.4, 0.5) is 16.2 Å². The first-order valence-electron chi connectivity index (χ1n) is 9.94. The van der Waals surface area contributed by atoms with Gasteiger partial charge in [0.25, 0.3) is 17.7 Å². The van der Waals surface area contributed by atoms with Crippen molar-refractivity contribution in [3.05, 3.63) is 59.7 Å². The van der Waals surface area contributed by atoms with E-state index < -0.39 is 12.2 Å². The second kappa shape index (κ2) is 7.51. The zero-order valence-electron chi connectivity index (χ0n) is 16.5. The largest absolute Gasteiger partial charge is 0.442 e. The monoisotopic (exact) mass is 421 g/mol. The van der Waals surface area contributed by atoms with Crippen molar-refractivity contribution in [1.82, 2.24) is 4.90 Å². The number of nitrogens with zero attached hydrogens (tertiary/aromatic N) is 3. The van der Waals surface area contributed by atoms with Crippen LogP contribution in [0.1, 0.15) is 20.7 Å². The highest BCUT2D eigenvalue weighted by molar-refractivity contribution is 6.21. The Bertz CT molecular complexity index is 1070. The number of morpholine rings is 1. The van der Waals surface area contributed by atoms with Gasteiger partial charge < -0.3 is 14.4 Å². The van der Waals surface area contributed by atoms with Gasteiger partial charge in [0.1, 0.15) is 12.7 Å². The SMILES string of the molecule is O=C1c2ccccc2C(=O)N1C[C@H]1CN(c2cccc(N3CCOCC3=O)c2)C(=O)O1. The molecular weight excluding hydrogens is 402 g/mol. The summed E-state index contributed by atoms with van der Waals surface area (Å²) in [5.74, 6) is -0.915. The Morgan fingerprint density at radius 2 is 1.55 bits per heavy atom.